The van der Waals surface area contributed by atoms with Gasteiger partial charge in [0.05, 0.1) is 19.1 Å². The summed E-state index contributed by atoms with van der Waals surface area (Å²) in [6.07, 6.45) is 1.10. The predicted molar refractivity (Wildman–Crippen MR) is 166 cm³/mol. The van der Waals surface area contributed by atoms with E-state index in [9.17, 15) is 26.8 Å². The lowest BCUT2D eigenvalue weighted by Gasteiger charge is -2.35. The van der Waals surface area contributed by atoms with Gasteiger partial charge in [-0.2, -0.15) is 0 Å². The van der Waals surface area contributed by atoms with Crippen LogP contribution in [0.25, 0.3) is 22.1 Å². The Labute approximate surface area is 252 Å². The quantitative estimate of drug-likeness (QED) is 0.194. The third-order valence-corrected chi connectivity index (χ3v) is 9.01. The molecule has 11 nitrogen and oxygen atoms in total. The van der Waals surface area contributed by atoms with Gasteiger partial charge in [0, 0.05) is 40.6 Å². The van der Waals surface area contributed by atoms with E-state index in [1.54, 1.807) is 87.5 Å². The number of fused-ring (bicyclic) bond motifs is 1. The molecule has 1 amide bonds. The van der Waals surface area contributed by atoms with E-state index in [4.69, 9.17) is 9.15 Å². The second-order valence-electron chi connectivity index (χ2n) is 10.3. The molecule has 2 atom stereocenters. The molecule has 228 valence electrons. The molecule has 4 rings (SSSR count). The summed E-state index contributed by atoms with van der Waals surface area (Å²) >= 11 is -2.71. The van der Waals surface area contributed by atoms with E-state index in [0.29, 0.717) is 33.6 Å². The van der Waals surface area contributed by atoms with Gasteiger partial charge in [0.25, 0.3) is 5.91 Å². The fourth-order valence-corrected chi connectivity index (χ4v) is 6.09. The molecule has 0 spiro atoms. The molecule has 43 heavy (non-hydrogen) atoms. The van der Waals surface area contributed by atoms with Gasteiger partial charge in [-0.3, -0.25) is 17.6 Å². The maximum absolute atomic E-state index is 13.1. The molecule has 3 aromatic carbocycles. The number of nitrogens with one attached hydrogen (secondary N) is 1. The maximum Gasteiger partial charge on any atom is 0.329 e. The second kappa shape index (κ2) is 12.6. The van der Waals surface area contributed by atoms with Crippen molar-refractivity contribution in [2.24, 2.45) is 5.92 Å². The number of benzene rings is 3. The minimum absolute atomic E-state index is 0.0657. The number of hydrogen-bond acceptors (Lipinski definition) is 8. The van der Waals surface area contributed by atoms with E-state index in [0.717, 1.165) is 26.0 Å². The van der Waals surface area contributed by atoms with E-state index >= 15 is 0 Å². The predicted octanol–water partition coefficient (Wildman–Crippen LogP) is 4.85. The summed E-state index contributed by atoms with van der Waals surface area (Å²) in [5, 5.41) is 3.34. The highest BCUT2D eigenvalue weighted by molar-refractivity contribution is 7.92. The molecule has 0 aliphatic rings. The molecule has 0 saturated heterocycles. The molecule has 0 bridgehead atoms. The van der Waals surface area contributed by atoms with Crippen molar-refractivity contribution < 1.29 is 35.9 Å². The topological polar surface area (TPSA) is 149 Å². The second-order valence-corrected chi connectivity index (χ2v) is 13.1. The molecule has 1 aromatic heterocycles. The first-order valence-electron chi connectivity index (χ1n) is 13.2. The van der Waals surface area contributed by atoms with Gasteiger partial charge in [0.15, 0.2) is 5.76 Å². The lowest BCUT2D eigenvalue weighted by atomic mass is 10.0. The molecule has 0 aliphatic carbocycles. The van der Waals surface area contributed by atoms with E-state index in [-0.39, 0.29) is 11.7 Å². The minimum atomic E-state index is -3.53. The Morgan fingerprint density at radius 3 is 2.09 bits per heavy atom. The van der Waals surface area contributed by atoms with Gasteiger partial charge in [-0.05, 0) is 60.4 Å². The Balaban J connectivity index is 1.54. The highest BCUT2D eigenvalue weighted by atomic mass is 32.2. The van der Waals surface area contributed by atoms with Crippen LogP contribution < -0.4 is 13.9 Å². The average molecular weight is 627 g/mol. The highest BCUT2D eigenvalue weighted by Gasteiger charge is 2.31. The smallest absolute Gasteiger partial charge is 0.329 e. The van der Waals surface area contributed by atoms with Crippen LogP contribution in [0.15, 0.2) is 71.1 Å². The summed E-state index contributed by atoms with van der Waals surface area (Å²) in [5.74, 6) is -1.40. The van der Waals surface area contributed by atoms with Crippen LogP contribution in [-0.2, 0) is 30.8 Å². The monoisotopic (exact) mass is 626 g/mol. The number of hydrogen-bond donors (Lipinski definition) is 1. The normalized spacial score (nSPS) is 13.0. The fraction of sp³-hybridized carbons (Fsp3) is 0.267. The number of esters is 1. The van der Waals surface area contributed by atoms with Crippen LogP contribution in [0.2, 0.25) is 0 Å². The standard InChI is InChI=1S/C30H33N3O8S2/c1-18(2)27(30(35)40-5)33(42(36)37)23-16-12-21(13-17-23)20-10-14-22(15-11-20)31-29(34)28-19(3)26-24(32(4)43(6,38)39)8-7-9-25(26)41-28/h7-18,27H,1-6H3,(H,31,34)(H,36,37)/p-1. The number of ether oxygens (including phenoxy) is 1. The number of aryl methyl sites for hydroxylation is 1. The van der Waals surface area contributed by atoms with Crippen molar-refractivity contribution in [1.82, 2.24) is 0 Å². The van der Waals surface area contributed by atoms with Crippen LogP contribution in [0.3, 0.4) is 0 Å². The van der Waals surface area contributed by atoms with Crippen molar-refractivity contribution in [3.8, 4) is 11.1 Å². The summed E-state index contributed by atoms with van der Waals surface area (Å²) in [4.78, 5) is 25.4. The largest absolute Gasteiger partial charge is 0.755 e. The number of nitrogens with zero attached hydrogens (tertiary/aromatic N) is 2. The van der Waals surface area contributed by atoms with Crippen LogP contribution in [0, 0.1) is 12.8 Å². The number of amides is 1. The zero-order valence-electron chi connectivity index (χ0n) is 24.5. The summed E-state index contributed by atoms with van der Waals surface area (Å²) < 4.78 is 61.2. The van der Waals surface area contributed by atoms with Crippen molar-refractivity contribution in [1.29, 1.82) is 0 Å². The first-order valence-corrected chi connectivity index (χ1v) is 16.1. The average Bonchev–Trinajstić information content (AvgIpc) is 3.31. The number of methoxy groups -OCH3 is 1. The first kappa shape index (κ1) is 31.7. The molecule has 2 unspecified atom stereocenters. The highest BCUT2D eigenvalue weighted by Crippen LogP contribution is 2.35. The van der Waals surface area contributed by atoms with Crippen LogP contribution >= 0.6 is 0 Å². The van der Waals surface area contributed by atoms with E-state index < -0.39 is 39.2 Å². The lowest BCUT2D eigenvalue weighted by molar-refractivity contribution is -0.143. The van der Waals surface area contributed by atoms with Gasteiger partial charge in [-0.15, -0.1) is 0 Å². The molecular weight excluding hydrogens is 594 g/mol. The molecule has 4 aromatic rings. The van der Waals surface area contributed by atoms with Crippen molar-refractivity contribution in [2.75, 3.05) is 34.3 Å². The number of rotatable bonds is 10. The summed E-state index contributed by atoms with van der Waals surface area (Å²) in [6.45, 7) is 5.17. The minimum Gasteiger partial charge on any atom is -0.755 e. The van der Waals surface area contributed by atoms with Crippen LogP contribution in [0.5, 0.6) is 0 Å². The molecule has 1 heterocycles. The summed E-state index contributed by atoms with van der Waals surface area (Å²) in [6, 6.07) is 17.7. The van der Waals surface area contributed by atoms with Crippen LogP contribution in [-0.4, -0.2) is 55.5 Å². The Morgan fingerprint density at radius 2 is 1.58 bits per heavy atom. The molecule has 0 aliphatic heterocycles. The zero-order valence-corrected chi connectivity index (χ0v) is 26.1. The summed E-state index contributed by atoms with van der Waals surface area (Å²) in [7, 11) is -0.874. The van der Waals surface area contributed by atoms with Gasteiger partial charge in [-0.25, -0.2) is 13.2 Å². The Hall–Kier alpha value is -4.20. The van der Waals surface area contributed by atoms with Gasteiger partial charge in [0.1, 0.15) is 11.6 Å². The Morgan fingerprint density at radius 1 is 1.00 bits per heavy atom. The molecular formula is C30H32N3O8S2-. The number of carbonyl (C=O) groups excluding carboxylic acids is 2. The molecule has 0 radical (unpaired) electrons. The van der Waals surface area contributed by atoms with Crippen molar-refractivity contribution in [3.63, 3.8) is 0 Å². The van der Waals surface area contributed by atoms with Crippen molar-refractivity contribution >= 4 is 61.2 Å². The molecule has 0 fully saturated rings. The molecule has 13 heteroatoms. The lowest BCUT2D eigenvalue weighted by Crippen LogP contribution is -2.46. The van der Waals surface area contributed by atoms with E-state index in [2.05, 4.69) is 5.32 Å². The van der Waals surface area contributed by atoms with Gasteiger partial charge >= 0.3 is 5.97 Å². The fourth-order valence-electron chi connectivity index (χ4n) is 4.77. The number of anilines is 3. The van der Waals surface area contributed by atoms with Crippen molar-refractivity contribution in [2.45, 2.75) is 26.8 Å². The molecule has 1 N–H and O–H groups in total. The summed E-state index contributed by atoms with van der Waals surface area (Å²) in [5.41, 5.74) is 3.72. The first-order chi connectivity index (χ1) is 20.2. The third kappa shape index (κ3) is 6.58. The number of sulfonamides is 1. The SMILES string of the molecule is COC(=O)C(C(C)C)N(c1ccc(-c2ccc(NC(=O)c3oc4cccc(N(C)S(C)(=O)=O)c4c3C)cc2)cc1)S(=O)[O-]. The van der Waals surface area contributed by atoms with E-state index in [1.165, 1.54) is 14.2 Å². The van der Waals surface area contributed by atoms with Gasteiger partial charge < -0.3 is 19.0 Å². The number of furan rings is 1. The van der Waals surface area contributed by atoms with Crippen molar-refractivity contribution in [3.05, 3.63) is 78.1 Å². The Bertz CT molecular complexity index is 1780. The zero-order chi connectivity index (χ0) is 31.6. The van der Waals surface area contributed by atoms with Crippen LogP contribution in [0.1, 0.15) is 30.0 Å². The Kier molecular flexibility index (Phi) is 9.28. The molecule has 0 saturated carbocycles. The maximum atomic E-state index is 13.1. The van der Waals surface area contributed by atoms with Crippen LogP contribution in [0.4, 0.5) is 17.1 Å². The van der Waals surface area contributed by atoms with Gasteiger partial charge in [-0.1, -0.05) is 44.2 Å². The van der Waals surface area contributed by atoms with E-state index in [1.807, 2.05) is 0 Å². The number of carbonyl (C=O) groups is 2. The third-order valence-electron chi connectivity index (χ3n) is 7.06. The van der Waals surface area contributed by atoms with Gasteiger partial charge in [0.2, 0.25) is 10.0 Å².